The molecule has 0 aliphatic carbocycles. The van der Waals surface area contributed by atoms with Gasteiger partial charge in [0.1, 0.15) is 0 Å². The third-order valence-corrected chi connectivity index (χ3v) is 2.31. The van der Waals surface area contributed by atoms with E-state index in [0.717, 1.165) is 22.5 Å². The third-order valence-electron chi connectivity index (χ3n) is 1.51. The first-order valence-corrected chi connectivity index (χ1v) is 5.74. The fraction of sp³-hybridized carbons (Fsp3) is 0.333. The van der Waals surface area contributed by atoms with E-state index in [0.29, 0.717) is 0 Å². The Morgan fingerprint density at radius 3 is 2.50 bits per heavy atom. The van der Waals surface area contributed by atoms with Gasteiger partial charge in [-0.2, -0.15) is 0 Å². The average molecular weight is 296 g/mol. The van der Waals surface area contributed by atoms with E-state index in [1.807, 2.05) is 24.3 Å². The SMILES string of the molecule is Clc1ccc(CNCCI)cc1. The standard InChI is InChI=1S/C9H11ClIN/c10-9-3-1-8(2-4-9)7-12-6-5-11/h1-4,12H,5-7H2. The van der Waals surface area contributed by atoms with Gasteiger partial charge in [0.2, 0.25) is 0 Å². The van der Waals surface area contributed by atoms with Crippen molar-refractivity contribution in [3.05, 3.63) is 34.9 Å². The zero-order valence-corrected chi connectivity index (χ0v) is 9.60. The maximum atomic E-state index is 5.75. The molecule has 0 fully saturated rings. The number of halogens is 2. The second kappa shape index (κ2) is 5.78. The van der Waals surface area contributed by atoms with E-state index in [9.17, 15) is 0 Å². The minimum atomic E-state index is 0.799. The van der Waals surface area contributed by atoms with Crippen molar-refractivity contribution in [1.29, 1.82) is 0 Å². The summed E-state index contributed by atoms with van der Waals surface area (Å²) in [5.74, 6) is 0. The van der Waals surface area contributed by atoms with E-state index in [2.05, 4.69) is 27.9 Å². The summed E-state index contributed by atoms with van der Waals surface area (Å²) in [5.41, 5.74) is 1.28. The quantitative estimate of drug-likeness (QED) is 0.512. The molecular formula is C9H11ClIN. The van der Waals surface area contributed by atoms with Gasteiger partial charge in [-0.15, -0.1) is 0 Å². The van der Waals surface area contributed by atoms with Gasteiger partial charge in [0.15, 0.2) is 0 Å². The van der Waals surface area contributed by atoms with Crippen LogP contribution in [0.15, 0.2) is 24.3 Å². The van der Waals surface area contributed by atoms with Gasteiger partial charge in [0.25, 0.3) is 0 Å². The minimum Gasteiger partial charge on any atom is -0.312 e. The summed E-state index contributed by atoms with van der Waals surface area (Å²) in [7, 11) is 0. The van der Waals surface area contributed by atoms with Gasteiger partial charge in [0.05, 0.1) is 0 Å². The van der Waals surface area contributed by atoms with Crippen LogP contribution in [0.1, 0.15) is 5.56 Å². The van der Waals surface area contributed by atoms with Gasteiger partial charge < -0.3 is 5.32 Å². The smallest absolute Gasteiger partial charge is 0.0406 e. The van der Waals surface area contributed by atoms with Crippen LogP contribution in [0.25, 0.3) is 0 Å². The largest absolute Gasteiger partial charge is 0.312 e. The highest BCUT2D eigenvalue weighted by molar-refractivity contribution is 14.1. The van der Waals surface area contributed by atoms with E-state index in [1.54, 1.807) is 0 Å². The molecule has 0 amide bonds. The Balaban J connectivity index is 2.37. The van der Waals surface area contributed by atoms with Crippen molar-refractivity contribution < 1.29 is 0 Å². The molecule has 1 rings (SSSR count). The molecule has 3 heteroatoms. The molecule has 12 heavy (non-hydrogen) atoms. The first-order valence-electron chi connectivity index (χ1n) is 3.84. The summed E-state index contributed by atoms with van der Waals surface area (Å²) in [6, 6.07) is 7.93. The van der Waals surface area contributed by atoms with E-state index in [1.165, 1.54) is 5.56 Å². The third kappa shape index (κ3) is 3.74. The highest BCUT2D eigenvalue weighted by Crippen LogP contribution is 2.08. The molecule has 0 spiro atoms. The lowest BCUT2D eigenvalue weighted by Gasteiger charge is -2.01. The number of rotatable bonds is 4. The topological polar surface area (TPSA) is 12.0 Å². The number of hydrogen-bond acceptors (Lipinski definition) is 1. The maximum absolute atomic E-state index is 5.75. The van der Waals surface area contributed by atoms with Crippen LogP contribution in [0, 0.1) is 0 Å². The number of alkyl halides is 1. The lowest BCUT2D eigenvalue weighted by atomic mass is 10.2. The van der Waals surface area contributed by atoms with Crippen molar-refractivity contribution in [2.45, 2.75) is 6.54 Å². The van der Waals surface area contributed by atoms with Crippen molar-refractivity contribution in [3.8, 4) is 0 Å². The van der Waals surface area contributed by atoms with Crippen LogP contribution >= 0.6 is 34.2 Å². The maximum Gasteiger partial charge on any atom is 0.0406 e. The van der Waals surface area contributed by atoms with Crippen LogP contribution in [-0.4, -0.2) is 11.0 Å². The van der Waals surface area contributed by atoms with Gasteiger partial charge in [-0.25, -0.2) is 0 Å². The summed E-state index contributed by atoms with van der Waals surface area (Å²) < 4.78 is 1.14. The Bertz CT molecular complexity index is 222. The molecule has 0 aromatic heterocycles. The Hall–Kier alpha value is 0.200. The van der Waals surface area contributed by atoms with Gasteiger partial charge >= 0.3 is 0 Å². The fourth-order valence-electron chi connectivity index (χ4n) is 0.902. The molecule has 1 N–H and O–H groups in total. The van der Waals surface area contributed by atoms with Gasteiger partial charge in [-0.05, 0) is 17.7 Å². The normalized spacial score (nSPS) is 10.2. The van der Waals surface area contributed by atoms with Crippen molar-refractivity contribution in [2.24, 2.45) is 0 Å². The zero-order valence-electron chi connectivity index (χ0n) is 6.69. The monoisotopic (exact) mass is 295 g/mol. The molecule has 1 nitrogen and oxygen atoms in total. The van der Waals surface area contributed by atoms with Crippen molar-refractivity contribution in [2.75, 3.05) is 11.0 Å². The van der Waals surface area contributed by atoms with Gasteiger partial charge in [0, 0.05) is 22.5 Å². The molecular weight excluding hydrogens is 284 g/mol. The van der Waals surface area contributed by atoms with Crippen LogP contribution in [-0.2, 0) is 6.54 Å². The van der Waals surface area contributed by atoms with Crippen molar-refractivity contribution in [3.63, 3.8) is 0 Å². The molecule has 66 valence electrons. The minimum absolute atomic E-state index is 0.799. The van der Waals surface area contributed by atoms with Crippen LogP contribution in [0.3, 0.4) is 0 Å². The van der Waals surface area contributed by atoms with Crippen LogP contribution in [0.2, 0.25) is 5.02 Å². The first kappa shape index (κ1) is 10.3. The Morgan fingerprint density at radius 2 is 1.92 bits per heavy atom. The zero-order chi connectivity index (χ0) is 8.81. The molecule has 0 radical (unpaired) electrons. The summed E-state index contributed by atoms with van der Waals surface area (Å²) in [6.45, 7) is 1.99. The van der Waals surface area contributed by atoms with E-state index >= 15 is 0 Å². The molecule has 0 aliphatic rings. The van der Waals surface area contributed by atoms with Crippen molar-refractivity contribution in [1.82, 2.24) is 5.32 Å². The summed E-state index contributed by atoms with van der Waals surface area (Å²) in [5, 5.41) is 4.12. The second-order valence-corrected chi connectivity index (χ2v) is 4.01. The van der Waals surface area contributed by atoms with Gasteiger partial charge in [-0.1, -0.05) is 46.3 Å². The van der Waals surface area contributed by atoms with Crippen LogP contribution in [0.4, 0.5) is 0 Å². The Labute approximate surface area is 91.6 Å². The summed E-state index contributed by atoms with van der Waals surface area (Å²) >= 11 is 8.10. The molecule has 0 bridgehead atoms. The Kier molecular flexibility index (Phi) is 4.95. The lowest BCUT2D eigenvalue weighted by molar-refractivity contribution is 0.737. The first-order chi connectivity index (χ1) is 5.83. The van der Waals surface area contributed by atoms with E-state index < -0.39 is 0 Å². The molecule has 1 aromatic carbocycles. The summed E-state index contributed by atoms with van der Waals surface area (Å²) in [6.07, 6.45) is 0. The molecule has 0 unspecified atom stereocenters. The summed E-state index contributed by atoms with van der Waals surface area (Å²) in [4.78, 5) is 0. The average Bonchev–Trinajstić information content (AvgIpc) is 2.09. The molecule has 0 heterocycles. The second-order valence-electron chi connectivity index (χ2n) is 2.49. The Morgan fingerprint density at radius 1 is 1.25 bits per heavy atom. The number of nitrogens with one attached hydrogen (secondary N) is 1. The molecule has 1 aromatic rings. The number of benzene rings is 1. The van der Waals surface area contributed by atoms with Crippen LogP contribution < -0.4 is 5.32 Å². The molecule has 0 saturated heterocycles. The predicted molar refractivity (Wildman–Crippen MR) is 62.0 cm³/mol. The van der Waals surface area contributed by atoms with Crippen LogP contribution in [0.5, 0.6) is 0 Å². The number of hydrogen-bond donors (Lipinski definition) is 1. The van der Waals surface area contributed by atoms with E-state index in [-0.39, 0.29) is 0 Å². The molecule has 0 saturated carbocycles. The predicted octanol–water partition coefficient (Wildman–Crippen LogP) is 2.86. The lowest BCUT2D eigenvalue weighted by Crippen LogP contribution is -2.15. The van der Waals surface area contributed by atoms with Gasteiger partial charge in [-0.3, -0.25) is 0 Å². The molecule has 0 aliphatic heterocycles. The van der Waals surface area contributed by atoms with E-state index in [4.69, 9.17) is 11.6 Å². The highest BCUT2D eigenvalue weighted by atomic mass is 127. The highest BCUT2D eigenvalue weighted by Gasteiger charge is 1.91. The molecule has 0 atom stereocenters. The fourth-order valence-corrected chi connectivity index (χ4v) is 1.41. The van der Waals surface area contributed by atoms with Crippen molar-refractivity contribution >= 4 is 34.2 Å².